The number of ether oxygens (including phenoxy) is 2. The smallest absolute Gasteiger partial charge is 0.339 e. The molecule has 4 nitrogen and oxygen atoms in total. The van der Waals surface area contributed by atoms with E-state index in [1.54, 1.807) is 19.2 Å². The highest BCUT2D eigenvalue weighted by atomic mass is 16.5. The highest BCUT2D eigenvalue weighted by molar-refractivity contribution is 5.88. The summed E-state index contributed by atoms with van der Waals surface area (Å²) in [6, 6.07) is 3.45. The predicted molar refractivity (Wildman–Crippen MR) is 61.1 cm³/mol. The van der Waals surface area contributed by atoms with E-state index in [0.29, 0.717) is 12.2 Å². The largest absolute Gasteiger partial charge is 0.465 e. The third-order valence-electron chi connectivity index (χ3n) is 1.97. The second-order valence-corrected chi connectivity index (χ2v) is 3.39. The van der Waals surface area contributed by atoms with Crippen LogP contribution in [0.3, 0.4) is 0 Å². The van der Waals surface area contributed by atoms with E-state index in [-0.39, 0.29) is 5.97 Å². The molecule has 0 spiro atoms. The summed E-state index contributed by atoms with van der Waals surface area (Å²) in [6.45, 7) is 2.53. The lowest BCUT2D eigenvalue weighted by Gasteiger charge is -2.01. The average Bonchev–Trinajstić information content (AvgIpc) is 2.29. The molecule has 0 atom stereocenters. The molecule has 0 aliphatic rings. The van der Waals surface area contributed by atoms with Crippen molar-refractivity contribution in [2.45, 2.75) is 6.92 Å². The first-order chi connectivity index (χ1) is 7.67. The lowest BCUT2D eigenvalue weighted by molar-refractivity contribution is 0.0600. The monoisotopic (exact) mass is 221 g/mol. The van der Waals surface area contributed by atoms with Gasteiger partial charge in [-0.15, -0.1) is 0 Å². The standard InChI is InChI=1S/C12H15NO3/c1-9(8-15-2)6-11-5-4-10(7-13-11)12(14)16-3/h4-7H,8H2,1-3H3. The zero-order valence-corrected chi connectivity index (χ0v) is 9.69. The number of rotatable bonds is 4. The van der Waals surface area contributed by atoms with Crippen molar-refractivity contribution in [2.24, 2.45) is 0 Å². The molecule has 0 unspecified atom stereocenters. The lowest BCUT2D eigenvalue weighted by Crippen LogP contribution is -2.01. The Morgan fingerprint density at radius 3 is 2.69 bits per heavy atom. The second-order valence-electron chi connectivity index (χ2n) is 3.39. The van der Waals surface area contributed by atoms with E-state index in [1.165, 1.54) is 13.3 Å². The molecule has 86 valence electrons. The number of carbonyl (C=O) groups excluding carboxylic acids is 1. The maximum atomic E-state index is 11.2. The first kappa shape index (κ1) is 12.4. The molecule has 1 rings (SSSR count). The van der Waals surface area contributed by atoms with Gasteiger partial charge in [0.2, 0.25) is 0 Å². The van der Waals surface area contributed by atoms with Crippen molar-refractivity contribution in [1.29, 1.82) is 0 Å². The minimum Gasteiger partial charge on any atom is -0.465 e. The fourth-order valence-electron chi connectivity index (χ4n) is 1.25. The zero-order valence-electron chi connectivity index (χ0n) is 9.69. The maximum absolute atomic E-state index is 11.2. The van der Waals surface area contributed by atoms with Crippen LogP contribution in [0.5, 0.6) is 0 Å². The Bertz CT molecular complexity index is 382. The molecule has 0 N–H and O–H groups in total. The normalized spacial score (nSPS) is 11.3. The summed E-state index contributed by atoms with van der Waals surface area (Å²) in [6.07, 6.45) is 3.41. The van der Waals surface area contributed by atoms with Gasteiger partial charge in [0.25, 0.3) is 0 Å². The molecule has 0 aromatic carbocycles. The van der Waals surface area contributed by atoms with Gasteiger partial charge in [-0.2, -0.15) is 0 Å². The molecule has 1 heterocycles. The summed E-state index contributed by atoms with van der Waals surface area (Å²) in [5.74, 6) is -0.378. The number of hydrogen-bond donors (Lipinski definition) is 0. The second kappa shape index (κ2) is 6.02. The number of pyridine rings is 1. The molecule has 4 heteroatoms. The van der Waals surface area contributed by atoms with Crippen molar-refractivity contribution in [2.75, 3.05) is 20.8 Å². The van der Waals surface area contributed by atoms with Crippen molar-refractivity contribution in [3.63, 3.8) is 0 Å². The van der Waals surface area contributed by atoms with E-state index < -0.39 is 0 Å². The number of hydrogen-bond acceptors (Lipinski definition) is 4. The summed E-state index contributed by atoms with van der Waals surface area (Å²) < 4.78 is 9.57. The van der Waals surface area contributed by atoms with Gasteiger partial charge in [-0.3, -0.25) is 4.98 Å². The number of aromatic nitrogens is 1. The SMILES string of the molecule is COCC(C)=Cc1ccc(C(=O)OC)cn1. The van der Waals surface area contributed by atoms with Crippen LogP contribution in [0.15, 0.2) is 23.9 Å². The van der Waals surface area contributed by atoms with E-state index in [1.807, 2.05) is 13.0 Å². The Morgan fingerprint density at radius 2 is 2.19 bits per heavy atom. The summed E-state index contributed by atoms with van der Waals surface area (Å²) in [7, 11) is 2.99. The molecular weight excluding hydrogens is 206 g/mol. The van der Waals surface area contributed by atoms with Gasteiger partial charge >= 0.3 is 5.97 Å². The topological polar surface area (TPSA) is 48.4 Å². The Labute approximate surface area is 94.9 Å². The first-order valence-corrected chi connectivity index (χ1v) is 4.88. The predicted octanol–water partition coefficient (Wildman–Crippen LogP) is 1.92. The minimum absolute atomic E-state index is 0.378. The van der Waals surface area contributed by atoms with Crippen molar-refractivity contribution >= 4 is 12.0 Å². The minimum atomic E-state index is -0.378. The third kappa shape index (κ3) is 3.47. The van der Waals surface area contributed by atoms with E-state index in [9.17, 15) is 4.79 Å². The van der Waals surface area contributed by atoms with Crippen LogP contribution in [0.2, 0.25) is 0 Å². The summed E-state index contributed by atoms with van der Waals surface area (Å²) in [5, 5.41) is 0. The number of carbonyl (C=O) groups is 1. The van der Waals surface area contributed by atoms with Crippen molar-refractivity contribution in [3.8, 4) is 0 Å². The van der Waals surface area contributed by atoms with Gasteiger partial charge in [0.15, 0.2) is 0 Å². The summed E-state index contributed by atoms with van der Waals surface area (Å²) in [4.78, 5) is 15.3. The Morgan fingerprint density at radius 1 is 1.44 bits per heavy atom. The van der Waals surface area contributed by atoms with Crippen molar-refractivity contribution in [1.82, 2.24) is 4.98 Å². The Balaban J connectivity index is 2.79. The molecule has 0 saturated heterocycles. The van der Waals surface area contributed by atoms with Gasteiger partial charge in [-0.1, -0.05) is 0 Å². The van der Waals surface area contributed by atoms with Gasteiger partial charge in [-0.25, -0.2) is 4.79 Å². The zero-order chi connectivity index (χ0) is 12.0. The molecule has 16 heavy (non-hydrogen) atoms. The molecule has 0 fully saturated rings. The summed E-state index contributed by atoms with van der Waals surface area (Å²) >= 11 is 0. The summed E-state index contributed by atoms with van der Waals surface area (Å²) in [5.41, 5.74) is 2.31. The van der Waals surface area contributed by atoms with E-state index >= 15 is 0 Å². The molecular formula is C12H15NO3. The number of methoxy groups -OCH3 is 2. The van der Waals surface area contributed by atoms with Crippen molar-refractivity contribution in [3.05, 3.63) is 35.2 Å². The van der Waals surface area contributed by atoms with Crippen molar-refractivity contribution < 1.29 is 14.3 Å². The van der Waals surface area contributed by atoms with Crippen LogP contribution in [-0.2, 0) is 9.47 Å². The Kier molecular flexibility index (Phi) is 4.66. The quantitative estimate of drug-likeness (QED) is 0.729. The first-order valence-electron chi connectivity index (χ1n) is 4.88. The van der Waals surface area contributed by atoms with Gasteiger partial charge in [0.1, 0.15) is 0 Å². The highest BCUT2D eigenvalue weighted by Gasteiger charge is 2.04. The number of esters is 1. The van der Waals surface area contributed by atoms with E-state index in [2.05, 4.69) is 9.72 Å². The Hall–Kier alpha value is -1.68. The average molecular weight is 221 g/mol. The van der Waals surface area contributed by atoms with Gasteiger partial charge < -0.3 is 9.47 Å². The van der Waals surface area contributed by atoms with E-state index in [0.717, 1.165) is 11.3 Å². The fraction of sp³-hybridized carbons (Fsp3) is 0.333. The molecule has 0 amide bonds. The van der Waals surface area contributed by atoms with Crippen LogP contribution < -0.4 is 0 Å². The van der Waals surface area contributed by atoms with Crippen LogP contribution >= 0.6 is 0 Å². The molecule has 0 radical (unpaired) electrons. The van der Waals surface area contributed by atoms with E-state index in [4.69, 9.17) is 4.74 Å². The van der Waals surface area contributed by atoms with Crippen LogP contribution in [0.4, 0.5) is 0 Å². The van der Waals surface area contributed by atoms with Gasteiger partial charge in [0, 0.05) is 13.3 Å². The molecule has 1 aromatic heterocycles. The van der Waals surface area contributed by atoms with Crippen LogP contribution in [0.25, 0.3) is 6.08 Å². The van der Waals surface area contributed by atoms with Gasteiger partial charge in [-0.05, 0) is 30.7 Å². The molecule has 1 aromatic rings. The molecule has 0 bridgehead atoms. The van der Waals surface area contributed by atoms with Crippen LogP contribution in [0, 0.1) is 0 Å². The third-order valence-corrected chi connectivity index (χ3v) is 1.97. The number of nitrogens with zero attached hydrogens (tertiary/aromatic N) is 1. The van der Waals surface area contributed by atoms with Crippen LogP contribution in [0.1, 0.15) is 23.0 Å². The van der Waals surface area contributed by atoms with Crippen LogP contribution in [-0.4, -0.2) is 31.8 Å². The highest BCUT2D eigenvalue weighted by Crippen LogP contribution is 2.06. The van der Waals surface area contributed by atoms with Gasteiger partial charge in [0.05, 0.1) is 25.0 Å². The molecule has 0 saturated carbocycles. The fourth-order valence-corrected chi connectivity index (χ4v) is 1.25. The lowest BCUT2D eigenvalue weighted by atomic mass is 10.2. The molecule has 0 aliphatic carbocycles. The molecule has 0 aliphatic heterocycles. The maximum Gasteiger partial charge on any atom is 0.339 e.